The third kappa shape index (κ3) is 4.88. The van der Waals surface area contributed by atoms with Crippen LogP contribution >= 0.6 is 0 Å². The van der Waals surface area contributed by atoms with Crippen molar-refractivity contribution in [1.29, 1.82) is 0 Å². The molecule has 206 valence electrons. The predicted octanol–water partition coefficient (Wildman–Crippen LogP) is 4.71. The first kappa shape index (κ1) is 27.6. The Morgan fingerprint density at radius 3 is 2.42 bits per heavy atom. The number of halogens is 7. The number of rotatable bonds is 6. The largest absolute Gasteiger partial charge is 0.486 e. The number of hydrogen-bond donors (Lipinski definition) is 2. The van der Waals surface area contributed by atoms with E-state index in [1.807, 2.05) is 0 Å². The number of primary amides is 1. The van der Waals surface area contributed by atoms with E-state index < -0.39 is 83.8 Å². The van der Waals surface area contributed by atoms with Gasteiger partial charge in [-0.15, -0.1) is 0 Å². The van der Waals surface area contributed by atoms with Crippen molar-refractivity contribution >= 4 is 17.5 Å². The number of ether oxygens (including phenoxy) is 2. The van der Waals surface area contributed by atoms with Crippen LogP contribution < -0.4 is 15.8 Å². The first-order valence-electron chi connectivity index (χ1n) is 11.4. The molecule has 1 aliphatic heterocycles. The monoisotopic (exact) mass is 549 g/mol. The van der Waals surface area contributed by atoms with Gasteiger partial charge in [0.1, 0.15) is 17.9 Å². The zero-order valence-electron chi connectivity index (χ0n) is 19.9. The second-order valence-electron chi connectivity index (χ2n) is 9.52. The van der Waals surface area contributed by atoms with Crippen molar-refractivity contribution in [2.75, 3.05) is 5.32 Å². The fourth-order valence-corrected chi connectivity index (χ4v) is 4.67. The number of pyridine rings is 1. The van der Waals surface area contributed by atoms with E-state index >= 15 is 0 Å². The fraction of sp³-hybridized carbons (Fsp3) is 0.458. The van der Waals surface area contributed by atoms with Crippen molar-refractivity contribution in [2.45, 2.75) is 62.5 Å². The number of alkyl halides is 5. The summed E-state index contributed by atoms with van der Waals surface area (Å²) in [7, 11) is 0. The van der Waals surface area contributed by atoms with Crippen molar-refractivity contribution in [3.63, 3.8) is 0 Å². The van der Waals surface area contributed by atoms with Crippen molar-refractivity contribution in [1.82, 2.24) is 4.98 Å². The van der Waals surface area contributed by atoms with Crippen LogP contribution in [0.1, 0.15) is 48.7 Å². The number of nitrogens with one attached hydrogen (secondary N) is 1. The van der Waals surface area contributed by atoms with Crippen LogP contribution in [0, 0.1) is 17.6 Å². The molecule has 1 aliphatic carbocycles. The first-order chi connectivity index (χ1) is 17.5. The smallest absolute Gasteiger partial charge is 0.417 e. The predicted molar refractivity (Wildman–Crippen MR) is 118 cm³/mol. The third-order valence-electron chi connectivity index (χ3n) is 6.98. The lowest BCUT2D eigenvalue weighted by Crippen LogP contribution is -2.47. The van der Waals surface area contributed by atoms with E-state index in [4.69, 9.17) is 15.2 Å². The Morgan fingerprint density at radius 1 is 1.18 bits per heavy atom. The van der Waals surface area contributed by atoms with Gasteiger partial charge in [0, 0.05) is 42.1 Å². The molecular weight excluding hydrogens is 527 g/mol. The van der Waals surface area contributed by atoms with Gasteiger partial charge in [-0.2, -0.15) is 17.6 Å². The zero-order chi connectivity index (χ0) is 28.2. The molecular formula is C24H22F7N3O4. The van der Waals surface area contributed by atoms with E-state index in [0.717, 1.165) is 25.3 Å². The van der Waals surface area contributed by atoms with E-state index in [2.05, 4.69) is 10.3 Å². The van der Waals surface area contributed by atoms with Crippen LogP contribution in [0.15, 0.2) is 30.5 Å². The Kier molecular flexibility index (Phi) is 6.83. The maximum atomic E-state index is 14.9. The Hall–Kier alpha value is -3.42. The number of carbonyl (C=O) groups excluding carboxylic acids is 2. The highest BCUT2D eigenvalue weighted by Gasteiger charge is 2.66. The molecule has 1 aromatic heterocycles. The molecule has 3 N–H and O–H groups in total. The highest BCUT2D eigenvalue weighted by atomic mass is 19.4. The second kappa shape index (κ2) is 9.40. The lowest BCUT2D eigenvalue weighted by atomic mass is 9.76. The Morgan fingerprint density at radius 2 is 1.84 bits per heavy atom. The summed E-state index contributed by atoms with van der Waals surface area (Å²) in [6, 6.07) is 3.90. The van der Waals surface area contributed by atoms with E-state index in [9.17, 15) is 40.3 Å². The number of anilines is 1. The van der Waals surface area contributed by atoms with Gasteiger partial charge < -0.3 is 20.5 Å². The summed E-state index contributed by atoms with van der Waals surface area (Å²) in [6.45, 7) is 1.83. The van der Waals surface area contributed by atoms with Gasteiger partial charge in [-0.3, -0.25) is 14.6 Å². The minimum atomic E-state index is -4.99. The summed E-state index contributed by atoms with van der Waals surface area (Å²) in [5, 5.41) is 2.32. The quantitative estimate of drug-likeness (QED) is 0.508. The maximum absolute atomic E-state index is 14.9. The van der Waals surface area contributed by atoms with Crippen LogP contribution in [0.5, 0.6) is 5.75 Å². The minimum absolute atomic E-state index is 0.0483. The molecule has 4 atom stereocenters. The van der Waals surface area contributed by atoms with Gasteiger partial charge in [0.05, 0.1) is 0 Å². The van der Waals surface area contributed by atoms with Crippen LogP contribution in [0.4, 0.5) is 36.4 Å². The van der Waals surface area contributed by atoms with Crippen molar-refractivity contribution in [3.05, 3.63) is 53.4 Å². The summed E-state index contributed by atoms with van der Waals surface area (Å²) in [4.78, 5) is 28.3. The van der Waals surface area contributed by atoms with Gasteiger partial charge in [-0.05, 0) is 25.1 Å². The Labute approximate surface area is 211 Å². The summed E-state index contributed by atoms with van der Waals surface area (Å²) in [5.41, 5.74) is 1.60. The molecule has 1 saturated carbocycles. The van der Waals surface area contributed by atoms with Crippen LogP contribution in [0.2, 0.25) is 0 Å². The minimum Gasteiger partial charge on any atom is -0.486 e. The molecule has 2 heterocycles. The second-order valence-corrected chi connectivity index (χ2v) is 9.52. The number of aromatic nitrogens is 1. The molecule has 2 amide bonds. The molecule has 14 heteroatoms. The normalized spacial score (nSPS) is 27.0. The summed E-state index contributed by atoms with van der Waals surface area (Å²) in [5.74, 6) is -12.1. The number of nitrogens with zero attached hydrogens (tertiary/aromatic N) is 1. The van der Waals surface area contributed by atoms with Gasteiger partial charge in [0.2, 0.25) is 5.82 Å². The topological polar surface area (TPSA) is 104 Å². The zero-order valence-corrected chi connectivity index (χ0v) is 19.9. The molecule has 0 spiro atoms. The molecule has 1 saturated heterocycles. The number of hydrogen-bond acceptors (Lipinski definition) is 5. The standard InChI is InChI=1S/C24H22F7N3O4/c1-10-16(13-3-4-14(25)17(26)18(13)37-12-8-23(27,28)9-12)19(38-22(10,2)24(29,30)31)21(36)34-11-5-6-33-15(7-11)20(32)35/h3-7,10,12,16,19H,8-9H2,1-2H3,(H2,32,35)(H,33,34,36)/t10-,16-,19+,22+/m0/s1. The Bertz CT molecular complexity index is 1260. The molecule has 38 heavy (non-hydrogen) atoms. The number of nitrogens with two attached hydrogens (primary N) is 1. The third-order valence-corrected chi connectivity index (χ3v) is 6.98. The van der Waals surface area contributed by atoms with Crippen LogP contribution in [-0.2, 0) is 9.53 Å². The van der Waals surface area contributed by atoms with Crippen molar-refractivity contribution < 1.29 is 49.8 Å². The van der Waals surface area contributed by atoms with Gasteiger partial charge in [0.25, 0.3) is 17.7 Å². The van der Waals surface area contributed by atoms with Gasteiger partial charge in [-0.25, -0.2) is 13.2 Å². The molecule has 7 nitrogen and oxygen atoms in total. The number of carbonyl (C=O) groups is 2. The van der Waals surface area contributed by atoms with Crippen LogP contribution in [-0.4, -0.2) is 46.7 Å². The molecule has 0 unspecified atom stereocenters. The Balaban J connectivity index is 1.75. The fourth-order valence-electron chi connectivity index (χ4n) is 4.67. The molecule has 2 aromatic rings. The van der Waals surface area contributed by atoms with Gasteiger partial charge >= 0.3 is 6.18 Å². The lowest BCUT2D eigenvalue weighted by Gasteiger charge is -2.36. The van der Waals surface area contributed by atoms with E-state index in [1.54, 1.807) is 0 Å². The maximum Gasteiger partial charge on any atom is 0.417 e. The van der Waals surface area contributed by atoms with Crippen molar-refractivity contribution in [2.24, 2.45) is 11.7 Å². The van der Waals surface area contributed by atoms with Crippen molar-refractivity contribution in [3.8, 4) is 5.75 Å². The molecule has 0 bridgehead atoms. The molecule has 2 fully saturated rings. The highest BCUT2D eigenvalue weighted by Crippen LogP contribution is 2.55. The molecule has 0 radical (unpaired) electrons. The summed E-state index contributed by atoms with van der Waals surface area (Å²) in [6.07, 6.45) is -8.60. The highest BCUT2D eigenvalue weighted by molar-refractivity contribution is 5.97. The number of benzene rings is 1. The van der Waals surface area contributed by atoms with Crippen LogP contribution in [0.25, 0.3) is 0 Å². The SMILES string of the molecule is C[C@H]1[C@@H](c2ccc(F)c(F)c2OC2CC(F)(F)C2)[C@H](C(=O)Nc2ccnc(C(N)=O)c2)O[C@@]1(C)C(F)(F)F. The lowest BCUT2D eigenvalue weighted by molar-refractivity contribution is -0.272. The number of amides is 2. The van der Waals surface area contributed by atoms with E-state index in [1.165, 1.54) is 6.07 Å². The van der Waals surface area contributed by atoms with Gasteiger partial charge in [0.15, 0.2) is 17.2 Å². The van der Waals surface area contributed by atoms with E-state index in [0.29, 0.717) is 13.0 Å². The van der Waals surface area contributed by atoms with Gasteiger partial charge in [-0.1, -0.05) is 13.0 Å². The molecule has 2 aliphatic rings. The molecule has 4 rings (SSSR count). The summed E-state index contributed by atoms with van der Waals surface area (Å²) >= 11 is 0. The van der Waals surface area contributed by atoms with E-state index in [-0.39, 0.29) is 16.9 Å². The average molecular weight is 549 g/mol. The summed E-state index contributed by atoms with van der Waals surface area (Å²) < 4.78 is 109. The van der Waals surface area contributed by atoms with Crippen LogP contribution in [0.3, 0.4) is 0 Å². The molecule has 1 aromatic carbocycles. The first-order valence-corrected chi connectivity index (χ1v) is 11.4. The average Bonchev–Trinajstić information content (AvgIpc) is 3.08.